The number of fused-ring (bicyclic) bond motifs is 1. The van der Waals surface area contributed by atoms with Crippen molar-refractivity contribution < 1.29 is 14.6 Å². The van der Waals surface area contributed by atoms with Gasteiger partial charge in [0.05, 0.1) is 30.7 Å². The molecule has 10 heteroatoms. The summed E-state index contributed by atoms with van der Waals surface area (Å²) in [5, 5.41) is 15.1. The van der Waals surface area contributed by atoms with Crippen molar-refractivity contribution in [2.45, 2.75) is 44.8 Å². The number of aromatic nitrogens is 3. The molecule has 0 bridgehead atoms. The van der Waals surface area contributed by atoms with Crippen molar-refractivity contribution in [1.29, 1.82) is 0 Å². The van der Waals surface area contributed by atoms with Gasteiger partial charge in [0.1, 0.15) is 11.5 Å². The van der Waals surface area contributed by atoms with E-state index in [-0.39, 0.29) is 23.4 Å². The number of rotatable bonds is 4. The smallest absolute Gasteiger partial charge is 0.262 e. The monoisotopic (exact) mass is 527 g/mol. The highest BCUT2D eigenvalue weighted by atomic mass is 35.5. The number of carbonyl (C=O) groups excluding carboxylic acids is 1. The van der Waals surface area contributed by atoms with E-state index in [0.29, 0.717) is 42.1 Å². The molecule has 9 nitrogen and oxygen atoms in total. The molecule has 2 saturated heterocycles. The maximum atomic E-state index is 13.1. The third kappa shape index (κ3) is 5.60. The van der Waals surface area contributed by atoms with Crippen LogP contribution in [-0.2, 0) is 16.1 Å². The maximum Gasteiger partial charge on any atom is 0.262 e. The first-order valence-electron chi connectivity index (χ1n) is 12.9. The zero-order valence-corrected chi connectivity index (χ0v) is 21.9. The molecule has 2 aromatic heterocycles. The van der Waals surface area contributed by atoms with E-state index in [0.717, 1.165) is 44.8 Å². The fraction of sp³-hybridized carbons (Fsp3) is 0.519. The van der Waals surface area contributed by atoms with Gasteiger partial charge >= 0.3 is 0 Å². The van der Waals surface area contributed by atoms with Gasteiger partial charge < -0.3 is 20.1 Å². The lowest BCUT2D eigenvalue weighted by atomic mass is 9.90. The summed E-state index contributed by atoms with van der Waals surface area (Å²) < 4.78 is 8.20. The van der Waals surface area contributed by atoms with Crippen LogP contribution in [0.25, 0.3) is 16.7 Å². The minimum absolute atomic E-state index is 0.141. The van der Waals surface area contributed by atoms with Gasteiger partial charge in [-0.2, -0.15) is 0 Å². The van der Waals surface area contributed by atoms with Crippen LogP contribution >= 0.6 is 11.6 Å². The quantitative estimate of drug-likeness (QED) is 0.541. The Labute approximate surface area is 221 Å². The van der Waals surface area contributed by atoms with E-state index >= 15 is 0 Å². The Morgan fingerprint density at radius 1 is 1.14 bits per heavy atom. The Morgan fingerprint density at radius 2 is 1.81 bits per heavy atom. The summed E-state index contributed by atoms with van der Waals surface area (Å²) in [4.78, 5) is 32.0. The number of amides is 1. The van der Waals surface area contributed by atoms with E-state index in [4.69, 9.17) is 16.3 Å². The largest absolute Gasteiger partial charge is 0.388 e. The second kappa shape index (κ2) is 10.6. The summed E-state index contributed by atoms with van der Waals surface area (Å²) >= 11 is 6.42. The number of nitrogens with zero attached hydrogens (tertiary/aromatic N) is 4. The number of benzene rings is 1. The average Bonchev–Trinajstić information content (AvgIpc) is 3.58. The number of ether oxygens (including phenoxy) is 1. The van der Waals surface area contributed by atoms with Crippen LogP contribution in [0.1, 0.15) is 32.6 Å². The molecule has 3 aliphatic rings. The first-order chi connectivity index (χ1) is 17.8. The van der Waals surface area contributed by atoms with Crippen LogP contribution in [0.3, 0.4) is 0 Å². The van der Waals surface area contributed by atoms with Gasteiger partial charge in [-0.05, 0) is 43.9 Å². The van der Waals surface area contributed by atoms with Crippen LogP contribution in [0.15, 0.2) is 47.5 Å². The minimum Gasteiger partial charge on any atom is -0.388 e. The summed E-state index contributed by atoms with van der Waals surface area (Å²) in [5.74, 6) is 0.187. The fourth-order valence-corrected chi connectivity index (χ4v) is 5.21. The number of morpholine rings is 1. The van der Waals surface area contributed by atoms with Crippen LogP contribution < -0.4 is 10.9 Å². The van der Waals surface area contributed by atoms with Crippen molar-refractivity contribution in [3.8, 4) is 5.69 Å². The third-order valence-electron chi connectivity index (χ3n) is 7.56. The molecule has 37 heavy (non-hydrogen) atoms. The SMILES string of the molecule is C1COCCN1.CC1(C(=O)N2CCC(O)(Cn3cnc4c(cc(Cl)n4-c4ccccc4)c3=O)CC2)CC1. The number of carbonyl (C=O) groups is 1. The summed E-state index contributed by atoms with van der Waals surface area (Å²) in [6.07, 6.45) is 4.23. The number of para-hydroxylation sites is 1. The van der Waals surface area contributed by atoms with Gasteiger partial charge in [-0.25, -0.2) is 4.98 Å². The topological polar surface area (TPSA) is 102 Å². The standard InChI is InChI=1S/C23H25ClN4O3.C4H9NO/c1-22(7-8-22)21(30)26-11-9-23(31,10-12-26)14-27-15-25-19-17(20(27)29)13-18(24)28(19)16-5-3-2-4-6-16;1-3-6-4-2-5-1/h2-6,13,15,31H,7-12,14H2,1H3;5H,1-4H2. The van der Waals surface area contributed by atoms with Crippen molar-refractivity contribution in [2.24, 2.45) is 5.41 Å². The highest BCUT2D eigenvalue weighted by Crippen LogP contribution is 2.47. The number of hydrogen-bond acceptors (Lipinski definition) is 6. The highest BCUT2D eigenvalue weighted by molar-refractivity contribution is 6.31. The molecule has 198 valence electrons. The number of piperidine rings is 1. The molecule has 3 fully saturated rings. The zero-order valence-electron chi connectivity index (χ0n) is 21.2. The second-order valence-electron chi connectivity index (χ2n) is 10.5. The molecule has 0 unspecified atom stereocenters. The Bertz CT molecular complexity index is 1290. The van der Waals surface area contributed by atoms with Gasteiger partial charge in [0.15, 0.2) is 5.65 Å². The number of halogens is 1. The molecule has 4 heterocycles. The predicted molar refractivity (Wildman–Crippen MR) is 142 cm³/mol. The lowest BCUT2D eigenvalue weighted by Gasteiger charge is -2.39. The average molecular weight is 528 g/mol. The van der Waals surface area contributed by atoms with Crippen LogP contribution in [-0.4, -0.2) is 75.0 Å². The van der Waals surface area contributed by atoms with E-state index in [1.54, 1.807) is 10.6 Å². The van der Waals surface area contributed by atoms with E-state index in [1.165, 1.54) is 10.9 Å². The van der Waals surface area contributed by atoms with E-state index in [1.807, 2.05) is 42.2 Å². The highest BCUT2D eigenvalue weighted by Gasteiger charge is 2.48. The molecular weight excluding hydrogens is 494 g/mol. The second-order valence-corrected chi connectivity index (χ2v) is 10.9. The van der Waals surface area contributed by atoms with Crippen molar-refractivity contribution in [2.75, 3.05) is 39.4 Å². The van der Waals surface area contributed by atoms with Crippen LogP contribution in [0.5, 0.6) is 0 Å². The first kappa shape index (κ1) is 25.9. The van der Waals surface area contributed by atoms with Crippen molar-refractivity contribution in [3.63, 3.8) is 0 Å². The Balaban J connectivity index is 0.000000412. The summed E-state index contributed by atoms with van der Waals surface area (Å²) in [7, 11) is 0. The molecule has 1 saturated carbocycles. The summed E-state index contributed by atoms with van der Waals surface area (Å²) in [5.41, 5.74) is -0.174. The minimum atomic E-state index is -1.05. The summed E-state index contributed by atoms with van der Waals surface area (Å²) in [6.45, 7) is 6.99. The van der Waals surface area contributed by atoms with Gasteiger partial charge in [-0.3, -0.25) is 18.7 Å². The maximum absolute atomic E-state index is 13.1. The van der Waals surface area contributed by atoms with E-state index in [9.17, 15) is 14.7 Å². The molecule has 1 aliphatic carbocycles. The van der Waals surface area contributed by atoms with Gasteiger partial charge in [-0.1, -0.05) is 36.7 Å². The van der Waals surface area contributed by atoms with Crippen molar-refractivity contribution in [1.82, 2.24) is 24.3 Å². The Morgan fingerprint density at radius 3 is 2.38 bits per heavy atom. The first-order valence-corrected chi connectivity index (χ1v) is 13.3. The van der Waals surface area contributed by atoms with Crippen LogP contribution in [0.4, 0.5) is 0 Å². The Hall–Kier alpha value is -2.72. The fourth-order valence-electron chi connectivity index (χ4n) is 4.92. The molecular formula is C27H34ClN5O4. The number of nitrogens with one attached hydrogen (secondary N) is 1. The Kier molecular flexibility index (Phi) is 7.40. The molecule has 0 radical (unpaired) electrons. The molecule has 1 amide bonds. The summed E-state index contributed by atoms with van der Waals surface area (Å²) in [6, 6.07) is 11.1. The molecule has 0 spiro atoms. The molecule has 1 aromatic carbocycles. The zero-order chi connectivity index (χ0) is 26.0. The van der Waals surface area contributed by atoms with Crippen LogP contribution in [0, 0.1) is 5.41 Å². The normalized spacial score (nSPS) is 20.2. The molecule has 2 N–H and O–H groups in total. The predicted octanol–water partition coefficient (Wildman–Crippen LogP) is 2.60. The lowest BCUT2D eigenvalue weighted by Crippen LogP contribution is -2.51. The van der Waals surface area contributed by atoms with Gasteiger partial charge in [-0.15, -0.1) is 0 Å². The molecule has 2 aliphatic heterocycles. The molecule has 3 aromatic rings. The van der Waals surface area contributed by atoms with Gasteiger partial charge in [0, 0.05) is 37.3 Å². The number of likely N-dealkylation sites (tertiary alicyclic amines) is 1. The van der Waals surface area contributed by atoms with Crippen molar-refractivity contribution in [3.05, 3.63) is 58.2 Å². The van der Waals surface area contributed by atoms with E-state index < -0.39 is 5.60 Å². The number of hydrogen-bond donors (Lipinski definition) is 2. The van der Waals surface area contributed by atoms with E-state index in [2.05, 4.69) is 10.3 Å². The lowest BCUT2D eigenvalue weighted by molar-refractivity contribution is -0.141. The van der Waals surface area contributed by atoms with Gasteiger partial charge in [0.25, 0.3) is 5.56 Å². The van der Waals surface area contributed by atoms with Crippen LogP contribution in [0.2, 0.25) is 5.15 Å². The molecule has 0 atom stereocenters. The third-order valence-corrected chi connectivity index (χ3v) is 7.84. The molecule has 6 rings (SSSR count). The number of aliphatic hydroxyl groups is 1. The van der Waals surface area contributed by atoms with Gasteiger partial charge in [0.2, 0.25) is 5.91 Å². The van der Waals surface area contributed by atoms with Crippen molar-refractivity contribution >= 4 is 28.5 Å².